The highest BCUT2D eigenvalue weighted by molar-refractivity contribution is 8.18. The molecule has 1 aromatic rings. The van der Waals surface area contributed by atoms with E-state index in [1.165, 1.54) is 12.1 Å². The number of nitrogens with zero attached hydrogens (tertiary/aromatic N) is 1. The van der Waals surface area contributed by atoms with E-state index in [-0.39, 0.29) is 35.4 Å². The molecule has 150 valence electrons. The first-order valence-corrected chi connectivity index (χ1v) is 11.7. The molecule has 0 radical (unpaired) electrons. The summed E-state index contributed by atoms with van der Waals surface area (Å²) >= 11 is 12.7. The zero-order valence-corrected chi connectivity index (χ0v) is 17.6. The first-order valence-electron chi connectivity index (χ1n) is 8.35. The first kappa shape index (κ1) is 21.2. The predicted octanol–water partition coefficient (Wildman–Crippen LogP) is 2.58. The summed E-state index contributed by atoms with van der Waals surface area (Å²) in [5.74, 6) is -1.58. The van der Waals surface area contributed by atoms with E-state index in [0.29, 0.717) is 22.0 Å². The number of halogens is 2. The van der Waals surface area contributed by atoms with E-state index < -0.39 is 26.9 Å². The average molecular weight is 463 g/mol. The Labute approximate surface area is 176 Å². The highest BCUT2D eigenvalue weighted by atomic mass is 35.5. The lowest BCUT2D eigenvalue weighted by Gasteiger charge is -2.14. The van der Waals surface area contributed by atoms with Gasteiger partial charge in [-0.15, -0.1) is 0 Å². The second kappa shape index (κ2) is 8.44. The van der Waals surface area contributed by atoms with Crippen LogP contribution in [0.3, 0.4) is 0 Å². The molecule has 11 heteroatoms. The van der Waals surface area contributed by atoms with E-state index >= 15 is 0 Å². The Morgan fingerprint density at radius 2 is 2.07 bits per heavy atom. The van der Waals surface area contributed by atoms with Gasteiger partial charge in [-0.2, -0.15) is 0 Å². The van der Waals surface area contributed by atoms with Crippen LogP contribution < -0.4 is 5.32 Å². The number of carbonyl (C=O) groups is 3. The van der Waals surface area contributed by atoms with Crippen molar-refractivity contribution in [1.82, 2.24) is 10.2 Å². The molecular weight excluding hydrogens is 447 g/mol. The van der Waals surface area contributed by atoms with Crippen LogP contribution in [0.4, 0.5) is 4.79 Å². The summed E-state index contributed by atoms with van der Waals surface area (Å²) in [5.41, 5.74) is 0.562. The maximum Gasteiger partial charge on any atom is 0.293 e. The maximum absolute atomic E-state index is 12.5. The highest BCUT2D eigenvalue weighted by Gasteiger charge is 2.36. The topological polar surface area (TPSA) is 101 Å². The van der Waals surface area contributed by atoms with Crippen molar-refractivity contribution in [2.24, 2.45) is 5.92 Å². The Morgan fingerprint density at radius 3 is 2.71 bits per heavy atom. The van der Waals surface area contributed by atoms with Gasteiger partial charge in [0.05, 0.1) is 22.3 Å². The largest absolute Gasteiger partial charge is 0.354 e. The number of amides is 3. The zero-order chi connectivity index (χ0) is 20.5. The smallest absolute Gasteiger partial charge is 0.293 e. The lowest BCUT2D eigenvalue weighted by molar-refractivity contribution is -0.125. The molecule has 1 atom stereocenters. The average Bonchev–Trinajstić information content (AvgIpc) is 3.11. The van der Waals surface area contributed by atoms with Crippen LogP contribution in [0.25, 0.3) is 6.08 Å². The monoisotopic (exact) mass is 462 g/mol. The van der Waals surface area contributed by atoms with Crippen molar-refractivity contribution >= 4 is 67.9 Å². The first-order chi connectivity index (χ1) is 13.2. The molecule has 3 rings (SSSR count). The maximum atomic E-state index is 12.5. The molecule has 7 nitrogen and oxygen atoms in total. The minimum absolute atomic E-state index is 0.00155. The third-order valence-electron chi connectivity index (χ3n) is 4.36. The van der Waals surface area contributed by atoms with Crippen molar-refractivity contribution in [2.75, 3.05) is 24.6 Å². The number of thioether (sulfide) groups is 1. The number of nitrogens with one attached hydrogen (secondary N) is 1. The van der Waals surface area contributed by atoms with Gasteiger partial charge in [0.15, 0.2) is 9.84 Å². The van der Waals surface area contributed by atoms with E-state index in [4.69, 9.17) is 23.2 Å². The van der Waals surface area contributed by atoms with Gasteiger partial charge >= 0.3 is 0 Å². The van der Waals surface area contributed by atoms with Crippen LogP contribution >= 0.6 is 35.0 Å². The van der Waals surface area contributed by atoms with Crippen LogP contribution in [-0.2, 0) is 19.4 Å². The Balaban J connectivity index is 1.58. The number of carbonyl (C=O) groups excluding carboxylic acids is 3. The Bertz CT molecular complexity index is 978. The molecule has 0 aromatic heterocycles. The SMILES string of the molecule is O=C(NCCN1C(=O)SC(=Cc2ccc(Cl)cc2Cl)C1=O)C1CCS(=O)(=O)C1. The fourth-order valence-electron chi connectivity index (χ4n) is 2.89. The summed E-state index contributed by atoms with van der Waals surface area (Å²) in [6.45, 7) is 0.0595. The summed E-state index contributed by atoms with van der Waals surface area (Å²) in [7, 11) is -3.15. The van der Waals surface area contributed by atoms with Gasteiger partial charge in [0.1, 0.15) is 0 Å². The van der Waals surface area contributed by atoms with Crippen molar-refractivity contribution in [3.8, 4) is 0 Å². The van der Waals surface area contributed by atoms with Crippen LogP contribution in [0.15, 0.2) is 23.1 Å². The molecule has 2 aliphatic rings. The van der Waals surface area contributed by atoms with Gasteiger partial charge in [-0.25, -0.2) is 8.42 Å². The van der Waals surface area contributed by atoms with Gasteiger partial charge in [-0.05, 0) is 42.0 Å². The van der Waals surface area contributed by atoms with Gasteiger partial charge in [0.25, 0.3) is 11.1 Å². The van der Waals surface area contributed by atoms with Crippen LogP contribution in [0.2, 0.25) is 10.0 Å². The summed E-state index contributed by atoms with van der Waals surface area (Å²) in [6.07, 6.45) is 1.81. The van der Waals surface area contributed by atoms with E-state index in [2.05, 4.69) is 5.32 Å². The summed E-state index contributed by atoms with van der Waals surface area (Å²) in [4.78, 5) is 37.9. The van der Waals surface area contributed by atoms with Crippen LogP contribution in [0.5, 0.6) is 0 Å². The Kier molecular flexibility index (Phi) is 6.38. The highest BCUT2D eigenvalue weighted by Crippen LogP contribution is 2.33. The summed E-state index contributed by atoms with van der Waals surface area (Å²) < 4.78 is 22.9. The molecule has 2 fully saturated rings. The standard InChI is InChI=1S/C17H16Cl2N2O5S2/c18-12-2-1-10(13(19)8-12)7-14-16(23)21(17(24)27-14)5-4-20-15(22)11-3-6-28(25,26)9-11/h1-2,7-8,11H,3-6,9H2,(H,20,22). The van der Waals surface area contributed by atoms with Gasteiger partial charge in [-0.1, -0.05) is 29.3 Å². The number of sulfone groups is 1. The minimum Gasteiger partial charge on any atom is -0.354 e. The van der Waals surface area contributed by atoms with E-state index in [1.807, 2.05) is 0 Å². The number of rotatable bonds is 5. The lowest BCUT2D eigenvalue weighted by Crippen LogP contribution is -2.39. The van der Waals surface area contributed by atoms with Crippen molar-refractivity contribution in [3.63, 3.8) is 0 Å². The van der Waals surface area contributed by atoms with Gasteiger partial charge < -0.3 is 5.32 Å². The number of hydrogen-bond donors (Lipinski definition) is 1. The van der Waals surface area contributed by atoms with Crippen molar-refractivity contribution in [1.29, 1.82) is 0 Å². The zero-order valence-electron chi connectivity index (χ0n) is 14.5. The predicted molar refractivity (Wildman–Crippen MR) is 109 cm³/mol. The number of imide groups is 1. The summed E-state index contributed by atoms with van der Waals surface area (Å²) in [6, 6.07) is 4.81. The molecule has 0 spiro atoms. The Hall–Kier alpha value is -1.55. The van der Waals surface area contributed by atoms with Gasteiger partial charge in [0.2, 0.25) is 5.91 Å². The molecule has 3 amide bonds. The van der Waals surface area contributed by atoms with E-state index in [0.717, 1.165) is 16.7 Å². The van der Waals surface area contributed by atoms with Gasteiger partial charge in [0, 0.05) is 23.1 Å². The van der Waals surface area contributed by atoms with Crippen molar-refractivity contribution < 1.29 is 22.8 Å². The molecule has 2 heterocycles. The van der Waals surface area contributed by atoms with Crippen LogP contribution in [0, 0.1) is 5.92 Å². The fourth-order valence-corrected chi connectivity index (χ4v) is 5.95. The Morgan fingerprint density at radius 1 is 1.32 bits per heavy atom. The molecule has 1 N–H and O–H groups in total. The third kappa shape index (κ3) is 4.89. The second-order valence-electron chi connectivity index (χ2n) is 6.39. The molecule has 0 bridgehead atoms. The second-order valence-corrected chi connectivity index (χ2v) is 10.5. The molecule has 28 heavy (non-hydrogen) atoms. The third-order valence-corrected chi connectivity index (χ3v) is 7.60. The molecule has 1 aromatic carbocycles. The van der Waals surface area contributed by atoms with E-state index in [1.54, 1.807) is 12.1 Å². The van der Waals surface area contributed by atoms with Crippen LogP contribution in [-0.4, -0.2) is 55.0 Å². The minimum atomic E-state index is -3.15. The fraction of sp³-hybridized carbons (Fsp3) is 0.353. The molecule has 0 saturated carbocycles. The lowest BCUT2D eigenvalue weighted by atomic mass is 10.1. The molecule has 2 saturated heterocycles. The van der Waals surface area contributed by atoms with Crippen molar-refractivity contribution in [3.05, 3.63) is 38.7 Å². The molecule has 0 aliphatic carbocycles. The normalized spacial score (nSPS) is 22.9. The number of hydrogen-bond acceptors (Lipinski definition) is 6. The molecule has 2 aliphatic heterocycles. The molecule has 1 unspecified atom stereocenters. The molecular formula is C17H16Cl2N2O5S2. The van der Waals surface area contributed by atoms with Gasteiger partial charge in [-0.3, -0.25) is 19.3 Å². The summed E-state index contributed by atoms with van der Waals surface area (Å²) in [5, 5.41) is 2.97. The van der Waals surface area contributed by atoms with E-state index in [9.17, 15) is 22.8 Å². The number of benzene rings is 1. The van der Waals surface area contributed by atoms with Crippen LogP contribution in [0.1, 0.15) is 12.0 Å². The van der Waals surface area contributed by atoms with Crippen molar-refractivity contribution in [2.45, 2.75) is 6.42 Å². The quantitative estimate of drug-likeness (QED) is 0.674.